The molecule has 1 heterocycles. The van der Waals surface area contributed by atoms with Gasteiger partial charge in [0.15, 0.2) is 5.78 Å². The van der Waals surface area contributed by atoms with Gasteiger partial charge < -0.3 is 5.32 Å². The van der Waals surface area contributed by atoms with Gasteiger partial charge in [0, 0.05) is 26.1 Å². The van der Waals surface area contributed by atoms with Gasteiger partial charge in [0.2, 0.25) is 0 Å². The highest BCUT2D eigenvalue weighted by molar-refractivity contribution is 5.84. The van der Waals surface area contributed by atoms with Crippen LogP contribution in [0.2, 0.25) is 0 Å². The number of carbonyl (C=O) groups excluding carboxylic acids is 1. The number of hydrogen-bond donors (Lipinski definition) is 1. The Morgan fingerprint density at radius 1 is 1.11 bits per heavy atom. The molecule has 27 heavy (non-hydrogen) atoms. The van der Waals surface area contributed by atoms with E-state index in [1.54, 1.807) is 0 Å². The van der Waals surface area contributed by atoms with Gasteiger partial charge >= 0.3 is 0 Å². The Morgan fingerprint density at radius 3 is 2.52 bits per heavy atom. The van der Waals surface area contributed by atoms with Gasteiger partial charge in [-0.05, 0) is 74.0 Å². The van der Waals surface area contributed by atoms with E-state index < -0.39 is 0 Å². The first-order valence-corrected chi connectivity index (χ1v) is 10.0. The highest BCUT2D eigenvalue weighted by Crippen LogP contribution is 2.26. The summed E-state index contributed by atoms with van der Waals surface area (Å²) >= 11 is 0. The molecule has 0 radical (unpaired) electrons. The normalized spacial score (nSPS) is 17.9. The smallest absolute Gasteiger partial charge is 0.151 e. The lowest BCUT2D eigenvalue weighted by molar-refractivity contribution is -0.124. The van der Waals surface area contributed by atoms with Gasteiger partial charge in [0.1, 0.15) is 0 Å². The van der Waals surface area contributed by atoms with Crippen LogP contribution >= 0.6 is 0 Å². The molecule has 0 amide bonds. The van der Waals surface area contributed by atoms with E-state index >= 15 is 0 Å². The molecule has 1 atom stereocenters. The number of piperazine rings is 1. The van der Waals surface area contributed by atoms with Gasteiger partial charge in [0.05, 0.1) is 6.04 Å². The Kier molecular flexibility index (Phi) is 6.46. The second-order valence-electron chi connectivity index (χ2n) is 7.92. The van der Waals surface area contributed by atoms with Crippen LogP contribution in [-0.4, -0.2) is 43.4 Å². The lowest BCUT2D eigenvalue weighted by Crippen LogP contribution is -2.53. The molecule has 1 saturated heterocycles. The molecule has 1 N–H and O–H groups in total. The van der Waals surface area contributed by atoms with E-state index in [9.17, 15) is 4.79 Å². The number of nitrogens with one attached hydrogen (secondary N) is 1. The lowest BCUT2D eigenvalue weighted by Gasteiger charge is -2.32. The van der Waals surface area contributed by atoms with Gasteiger partial charge in [-0.25, -0.2) is 0 Å². The first-order valence-electron chi connectivity index (χ1n) is 10.0. The van der Waals surface area contributed by atoms with Gasteiger partial charge in [-0.2, -0.15) is 0 Å². The van der Waals surface area contributed by atoms with Crippen LogP contribution in [0.3, 0.4) is 0 Å². The number of benzene rings is 2. The van der Waals surface area contributed by atoms with Crippen LogP contribution in [0.4, 0.5) is 0 Å². The fourth-order valence-electron chi connectivity index (χ4n) is 4.31. The third-order valence-corrected chi connectivity index (χ3v) is 6.02. The van der Waals surface area contributed by atoms with Crippen molar-refractivity contribution in [2.45, 2.75) is 46.1 Å². The van der Waals surface area contributed by atoms with Crippen molar-refractivity contribution in [3.05, 3.63) is 69.8 Å². The van der Waals surface area contributed by atoms with Crippen molar-refractivity contribution in [2.24, 2.45) is 0 Å². The molecule has 3 rings (SSSR count). The summed E-state index contributed by atoms with van der Waals surface area (Å²) in [6.07, 6.45) is 2.41. The number of Topliss-reactive ketones (excluding diaryl/α,β-unsaturated/α-hetero) is 1. The second-order valence-corrected chi connectivity index (χ2v) is 7.92. The Hall–Kier alpha value is -1.97. The van der Waals surface area contributed by atoms with Crippen LogP contribution in [0.25, 0.3) is 0 Å². The zero-order valence-corrected chi connectivity index (χ0v) is 17.1. The molecule has 3 nitrogen and oxygen atoms in total. The van der Waals surface area contributed by atoms with Crippen LogP contribution in [0.5, 0.6) is 0 Å². The van der Waals surface area contributed by atoms with Crippen LogP contribution < -0.4 is 5.32 Å². The summed E-state index contributed by atoms with van der Waals surface area (Å²) in [5.41, 5.74) is 8.12. The monoisotopic (exact) mass is 364 g/mol. The molecule has 1 aliphatic rings. The topological polar surface area (TPSA) is 32.3 Å². The fraction of sp³-hybridized carbons (Fsp3) is 0.458. The molecule has 2 aromatic carbocycles. The van der Waals surface area contributed by atoms with E-state index in [-0.39, 0.29) is 6.04 Å². The maximum absolute atomic E-state index is 12.8. The zero-order chi connectivity index (χ0) is 19.4. The quantitative estimate of drug-likeness (QED) is 0.850. The van der Waals surface area contributed by atoms with E-state index in [0.717, 1.165) is 32.5 Å². The van der Waals surface area contributed by atoms with Crippen molar-refractivity contribution in [3.63, 3.8) is 0 Å². The van der Waals surface area contributed by atoms with Crippen LogP contribution in [0, 0.1) is 20.8 Å². The average Bonchev–Trinajstić information content (AvgIpc) is 2.66. The number of ketones is 1. The molecule has 1 aliphatic heterocycles. The predicted octanol–water partition coefficient (Wildman–Crippen LogP) is 3.61. The van der Waals surface area contributed by atoms with Gasteiger partial charge in [0.25, 0.3) is 0 Å². The van der Waals surface area contributed by atoms with E-state index in [1.165, 1.54) is 33.4 Å². The molecule has 0 saturated carbocycles. The SMILES string of the molecule is Cc1cc(C)c(Cc2ccccc2)c(C)c1CCC(=O)C1CNCCN1C. The summed E-state index contributed by atoms with van der Waals surface area (Å²) in [5, 5.41) is 3.35. The fourth-order valence-corrected chi connectivity index (χ4v) is 4.31. The number of rotatable bonds is 6. The van der Waals surface area contributed by atoms with Crippen molar-refractivity contribution in [1.82, 2.24) is 10.2 Å². The Morgan fingerprint density at radius 2 is 1.81 bits per heavy atom. The van der Waals surface area contributed by atoms with Crippen molar-refractivity contribution in [3.8, 4) is 0 Å². The Bertz CT molecular complexity index is 798. The Labute approximate surface area is 163 Å². The first-order chi connectivity index (χ1) is 13.0. The van der Waals surface area contributed by atoms with Crippen molar-refractivity contribution >= 4 is 5.78 Å². The van der Waals surface area contributed by atoms with E-state index in [2.05, 4.69) is 74.4 Å². The summed E-state index contributed by atoms with van der Waals surface area (Å²) < 4.78 is 0. The van der Waals surface area contributed by atoms with E-state index in [1.807, 2.05) is 0 Å². The van der Waals surface area contributed by atoms with Gasteiger partial charge in [-0.1, -0.05) is 36.4 Å². The average molecular weight is 365 g/mol. The summed E-state index contributed by atoms with van der Waals surface area (Å²) in [4.78, 5) is 15.0. The molecule has 1 unspecified atom stereocenters. The number of nitrogens with zero attached hydrogens (tertiary/aromatic N) is 1. The molecular weight excluding hydrogens is 332 g/mol. The third kappa shape index (κ3) is 4.66. The van der Waals surface area contributed by atoms with E-state index in [4.69, 9.17) is 0 Å². The van der Waals surface area contributed by atoms with Gasteiger partial charge in [-0.15, -0.1) is 0 Å². The minimum atomic E-state index is 0.0219. The molecule has 2 aromatic rings. The second kappa shape index (κ2) is 8.81. The number of carbonyl (C=O) groups is 1. The molecule has 0 aromatic heterocycles. The van der Waals surface area contributed by atoms with Gasteiger partial charge in [-0.3, -0.25) is 9.69 Å². The molecule has 144 valence electrons. The molecular formula is C24H32N2O. The van der Waals surface area contributed by atoms with Crippen LogP contribution in [0.1, 0.15) is 39.8 Å². The minimum absolute atomic E-state index is 0.0219. The first kappa shape index (κ1) is 19.8. The summed E-state index contributed by atoms with van der Waals surface area (Å²) in [5.74, 6) is 0.355. The summed E-state index contributed by atoms with van der Waals surface area (Å²) in [6, 6.07) is 13.0. The molecule has 0 aliphatic carbocycles. The number of likely N-dealkylation sites (N-methyl/N-ethyl adjacent to an activating group) is 1. The predicted molar refractivity (Wildman–Crippen MR) is 113 cm³/mol. The number of aryl methyl sites for hydroxylation is 2. The van der Waals surface area contributed by atoms with E-state index in [0.29, 0.717) is 12.2 Å². The van der Waals surface area contributed by atoms with Crippen molar-refractivity contribution < 1.29 is 4.79 Å². The molecule has 1 fully saturated rings. The lowest BCUT2D eigenvalue weighted by atomic mass is 9.87. The Balaban J connectivity index is 1.77. The standard InChI is InChI=1S/C24H32N2O/c1-17-14-18(2)22(15-20-8-6-5-7-9-20)19(3)21(17)10-11-24(27)23-16-25-12-13-26(23)4/h5-9,14,23,25H,10-13,15-16H2,1-4H3. The molecule has 0 bridgehead atoms. The number of hydrogen-bond acceptors (Lipinski definition) is 3. The van der Waals surface area contributed by atoms with Crippen LogP contribution in [0.15, 0.2) is 36.4 Å². The highest BCUT2D eigenvalue weighted by atomic mass is 16.1. The maximum Gasteiger partial charge on any atom is 0.151 e. The minimum Gasteiger partial charge on any atom is -0.313 e. The third-order valence-electron chi connectivity index (χ3n) is 6.02. The molecule has 3 heteroatoms. The largest absolute Gasteiger partial charge is 0.313 e. The summed E-state index contributed by atoms with van der Waals surface area (Å²) in [7, 11) is 2.06. The van der Waals surface area contributed by atoms with Crippen molar-refractivity contribution in [1.29, 1.82) is 0 Å². The zero-order valence-electron chi connectivity index (χ0n) is 17.1. The molecule has 0 spiro atoms. The van der Waals surface area contributed by atoms with Crippen molar-refractivity contribution in [2.75, 3.05) is 26.7 Å². The van der Waals surface area contributed by atoms with Crippen LogP contribution in [-0.2, 0) is 17.6 Å². The summed E-state index contributed by atoms with van der Waals surface area (Å²) in [6.45, 7) is 9.31. The maximum atomic E-state index is 12.8. The highest BCUT2D eigenvalue weighted by Gasteiger charge is 2.25.